The highest BCUT2D eigenvalue weighted by atomic mass is 32.1. The summed E-state index contributed by atoms with van der Waals surface area (Å²) in [5.74, 6) is 0.223. The Balaban J connectivity index is 2.18. The first-order chi connectivity index (χ1) is 10.5. The molecule has 0 fully saturated rings. The maximum atomic E-state index is 12.5. The van der Waals surface area contributed by atoms with E-state index in [2.05, 4.69) is 24.1 Å². The number of benzene rings is 1. The van der Waals surface area contributed by atoms with Crippen LogP contribution in [0.1, 0.15) is 52.6 Å². The molecule has 0 saturated carbocycles. The number of aromatic nitrogens is 1. The first kappa shape index (κ1) is 16.6. The molecule has 1 heterocycles. The van der Waals surface area contributed by atoms with E-state index in [4.69, 9.17) is 4.74 Å². The molecule has 0 aliphatic carbocycles. The summed E-state index contributed by atoms with van der Waals surface area (Å²) in [6.45, 7) is 9.13. The Bertz CT molecular complexity index is 650. The summed E-state index contributed by atoms with van der Waals surface area (Å²) in [7, 11) is 0. The van der Waals surface area contributed by atoms with E-state index in [9.17, 15) is 4.79 Å². The molecule has 0 spiro atoms. The third-order valence-electron chi connectivity index (χ3n) is 3.24. The minimum Gasteiger partial charge on any atom is -0.377 e. The standard InChI is InChI=1S/C17H22N2O2S/c1-5-21-10-13-8-6-7-9-14(13)19-16(20)15-12(4)18-17(22-15)11(2)3/h6-9,11H,5,10H2,1-4H3,(H,19,20). The molecule has 118 valence electrons. The van der Waals surface area contributed by atoms with Crippen molar-refractivity contribution in [3.05, 3.63) is 45.4 Å². The van der Waals surface area contributed by atoms with Crippen LogP contribution < -0.4 is 5.32 Å². The van der Waals surface area contributed by atoms with Crippen molar-refractivity contribution in [2.75, 3.05) is 11.9 Å². The molecular formula is C17H22N2O2S. The zero-order chi connectivity index (χ0) is 16.1. The van der Waals surface area contributed by atoms with E-state index in [1.165, 1.54) is 11.3 Å². The van der Waals surface area contributed by atoms with Gasteiger partial charge in [0, 0.05) is 23.8 Å². The number of nitrogens with one attached hydrogen (secondary N) is 1. The van der Waals surface area contributed by atoms with Gasteiger partial charge < -0.3 is 10.1 Å². The summed E-state index contributed by atoms with van der Waals surface area (Å²) in [6, 6.07) is 7.71. The molecule has 0 unspecified atom stereocenters. The minimum atomic E-state index is -0.106. The summed E-state index contributed by atoms with van der Waals surface area (Å²) in [5.41, 5.74) is 2.55. The Hall–Kier alpha value is -1.72. The number of ether oxygens (including phenoxy) is 1. The molecule has 1 aromatic carbocycles. The molecule has 0 aliphatic rings. The zero-order valence-electron chi connectivity index (χ0n) is 13.5. The highest BCUT2D eigenvalue weighted by molar-refractivity contribution is 7.14. The van der Waals surface area contributed by atoms with E-state index in [0.717, 1.165) is 22.0 Å². The van der Waals surface area contributed by atoms with Gasteiger partial charge in [0.1, 0.15) is 4.88 Å². The van der Waals surface area contributed by atoms with Crippen molar-refractivity contribution in [3.8, 4) is 0 Å². The van der Waals surface area contributed by atoms with Crippen molar-refractivity contribution < 1.29 is 9.53 Å². The van der Waals surface area contributed by atoms with Crippen molar-refractivity contribution in [1.29, 1.82) is 0 Å². The van der Waals surface area contributed by atoms with Crippen LogP contribution in [0.4, 0.5) is 5.69 Å². The van der Waals surface area contributed by atoms with Gasteiger partial charge in [0.05, 0.1) is 17.3 Å². The number of carbonyl (C=O) groups excluding carboxylic acids is 1. The first-order valence-corrected chi connectivity index (χ1v) is 8.28. The summed E-state index contributed by atoms with van der Waals surface area (Å²) >= 11 is 1.46. The number of thiazole rings is 1. The SMILES string of the molecule is CCOCc1ccccc1NC(=O)c1sc(C(C)C)nc1C. The van der Waals surface area contributed by atoms with Gasteiger partial charge in [0.15, 0.2) is 0 Å². The number of para-hydroxylation sites is 1. The third kappa shape index (κ3) is 3.93. The monoisotopic (exact) mass is 318 g/mol. The lowest BCUT2D eigenvalue weighted by atomic mass is 10.2. The smallest absolute Gasteiger partial charge is 0.267 e. The Kier molecular flexibility index (Phi) is 5.69. The predicted molar refractivity (Wildman–Crippen MR) is 90.7 cm³/mol. The van der Waals surface area contributed by atoms with Gasteiger partial charge in [-0.05, 0) is 19.9 Å². The molecule has 0 atom stereocenters. The number of hydrogen-bond acceptors (Lipinski definition) is 4. The second-order valence-corrected chi connectivity index (χ2v) is 6.40. The predicted octanol–water partition coefficient (Wildman–Crippen LogP) is 4.36. The highest BCUT2D eigenvalue weighted by Gasteiger charge is 2.17. The molecule has 0 aliphatic heterocycles. The first-order valence-electron chi connectivity index (χ1n) is 7.47. The lowest BCUT2D eigenvalue weighted by Crippen LogP contribution is -2.13. The number of aryl methyl sites for hydroxylation is 1. The van der Waals surface area contributed by atoms with Crippen molar-refractivity contribution in [3.63, 3.8) is 0 Å². The van der Waals surface area contributed by atoms with Crippen molar-refractivity contribution in [1.82, 2.24) is 4.98 Å². The summed E-state index contributed by atoms with van der Waals surface area (Å²) < 4.78 is 5.45. The number of rotatable bonds is 6. The summed E-state index contributed by atoms with van der Waals surface area (Å²) in [5, 5.41) is 3.97. The molecule has 1 N–H and O–H groups in total. The van der Waals surface area contributed by atoms with Crippen molar-refractivity contribution >= 4 is 22.9 Å². The van der Waals surface area contributed by atoms with Gasteiger partial charge in [-0.25, -0.2) is 4.98 Å². The lowest BCUT2D eigenvalue weighted by molar-refractivity contribution is 0.102. The molecule has 0 saturated heterocycles. The van der Waals surface area contributed by atoms with Gasteiger partial charge in [-0.1, -0.05) is 32.0 Å². The van der Waals surface area contributed by atoms with Crippen LogP contribution in [0.15, 0.2) is 24.3 Å². The van der Waals surface area contributed by atoms with Crippen LogP contribution in [-0.4, -0.2) is 17.5 Å². The fraction of sp³-hybridized carbons (Fsp3) is 0.412. The van der Waals surface area contributed by atoms with Gasteiger partial charge in [-0.2, -0.15) is 0 Å². The molecular weight excluding hydrogens is 296 g/mol. The minimum absolute atomic E-state index is 0.106. The van der Waals surface area contributed by atoms with Gasteiger partial charge in [-0.15, -0.1) is 11.3 Å². The van der Waals surface area contributed by atoms with Gasteiger partial charge in [0.25, 0.3) is 5.91 Å². The third-order valence-corrected chi connectivity index (χ3v) is 4.70. The second-order valence-electron chi connectivity index (χ2n) is 5.37. The number of carbonyl (C=O) groups is 1. The average Bonchev–Trinajstić information content (AvgIpc) is 2.88. The van der Waals surface area contributed by atoms with Crippen molar-refractivity contribution in [2.45, 2.75) is 40.2 Å². The van der Waals surface area contributed by atoms with Crippen LogP contribution in [0.25, 0.3) is 0 Å². The fourth-order valence-corrected chi connectivity index (χ4v) is 3.00. The van der Waals surface area contributed by atoms with Crippen LogP contribution in [0.3, 0.4) is 0 Å². The largest absolute Gasteiger partial charge is 0.377 e. The Morgan fingerprint density at radius 1 is 1.36 bits per heavy atom. The molecule has 22 heavy (non-hydrogen) atoms. The maximum absolute atomic E-state index is 12.5. The molecule has 5 heteroatoms. The van der Waals surface area contributed by atoms with Crippen LogP contribution >= 0.6 is 11.3 Å². The van der Waals surface area contributed by atoms with Crippen LogP contribution in [0, 0.1) is 6.92 Å². The van der Waals surface area contributed by atoms with E-state index in [1.54, 1.807) is 0 Å². The normalized spacial score (nSPS) is 11.0. The topological polar surface area (TPSA) is 51.2 Å². The van der Waals surface area contributed by atoms with E-state index < -0.39 is 0 Å². The van der Waals surface area contributed by atoms with Gasteiger partial charge in [-0.3, -0.25) is 4.79 Å². The second kappa shape index (κ2) is 7.51. The Labute approximate surface area is 135 Å². The van der Waals surface area contributed by atoms with Crippen LogP contribution in [-0.2, 0) is 11.3 Å². The summed E-state index contributed by atoms with van der Waals surface area (Å²) in [4.78, 5) is 17.7. The number of nitrogens with zero attached hydrogens (tertiary/aromatic N) is 1. The Morgan fingerprint density at radius 3 is 2.73 bits per heavy atom. The van der Waals surface area contributed by atoms with Crippen LogP contribution in [0.2, 0.25) is 0 Å². The Morgan fingerprint density at radius 2 is 2.09 bits per heavy atom. The quantitative estimate of drug-likeness (QED) is 0.860. The zero-order valence-corrected chi connectivity index (χ0v) is 14.3. The van der Waals surface area contributed by atoms with Gasteiger partial charge >= 0.3 is 0 Å². The summed E-state index contributed by atoms with van der Waals surface area (Å²) in [6.07, 6.45) is 0. The molecule has 1 aromatic heterocycles. The number of hydrogen-bond donors (Lipinski definition) is 1. The lowest BCUT2D eigenvalue weighted by Gasteiger charge is -2.10. The molecule has 0 bridgehead atoms. The van der Waals surface area contributed by atoms with E-state index in [1.807, 2.05) is 38.1 Å². The number of amides is 1. The van der Waals surface area contributed by atoms with E-state index >= 15 is 0 Å². The maximum Gasteiger partial charge on any atom is 0.267 e. The molecule has 2 rings (SSSR count). The number of anilines is 1. The average molecular weight is 318 g/mol. The fourth-order valence-electron chi connectivity index (χ4n) is 2.03. The van der Waals surface area contributed by atoms with Crippen LogP contribution in [0.5, 0.6) is 0 Å². The molecule has 2 aromatic rings. The highest BCUT2D eigenvalue weighted by Crippen LogP contribution is 2.26. The van der Waals surface area contributed by atoms with Gasteiger partial charge in [0.2, 0.25) is 0 Å². The van der Waals surface area contributed by atoms with E-state index in [-0.39, 0.29) is 5.91 Å². The molecule has 0 radical (unpaired) electrons. The van der Waals surface area contributed by atoms with Crippen molar-refractivity contribution in [2.24, 2.45) is 0 Å². The van der Waals surface area contributed by atoms with E-state index in [0.29, 0.717) is 24.0 Å². The molecule has 1 amide bonds. The molecule has 4 nitrogen and oxygen atoms in total.